The van der Waals surface area contributed by atoms with Crippen molar-refractivity contribution in [3.8, 4) is 0 Å². The Morgan fingerprint density at radius 3 is 2.42 bits per heavy atom. The molecule has 0 unspecified atom stereocenters. The first-order valence-corrected chi connectivity index (χ1v) is 7.12. The first kappa shape index (κ1) is 14.1. The van der Waals surface area contributed by atoms with Gasteiger partial charge >= 0.3 is 0 Å². The van der Waals surface area contributed by atoms with Crippen molar-refractivity contribution >= 4 is 21.6 Å². The molecule has 0 aliphatic carbocycles. The molecule has 0 radical (unpaired) electrons. The third-order valence-electron chi connectivity index (χ3n) is 3.29. The molecule has 0 bridgehead atoms. The Bertz CT molecular complexity index is 549. The molecule has 0 atom stereocenters. The first-order valence-electron chi connectivity index (χ1n) is 6.33. The third kappa shape index (κ3) is 3.82. The third-order valence-corrected chi connectivity index (χ3v) is 3.82. The number of nitrogens with zero attached hydrogens (tertiary/aromatic N) is 1. The molecule has 2 aromatic carbocycles. The maximum Gasteiger partial charge on any atom is 0.0346 e. The van der Waals surface area contributed by atoms with Crippen LogP contribution in [0.4, 0.5) is 5.69 Å². The number of halogens is 1. The van der Waals surface area contributed by atoms with E-state index in [2.05, 4.69) is 65.1 Å². The van der Waals surface area contributed by atoms with Crippen LogP contribution < -0.4 is 5.73 Å². The molecule has 0 amide bonds. The highest BCUT2D eigenvalue weighted by Gasteiger charge is 2.05. The van der Waals surface area contributed by atoms with E-state index in [0.717, 1.165) is 23.2 Å². The lowest BCUT2D eigenvalue weighted by Gasteiger charge is -2.18. The Balaban J connectivity index is 2.03. The number of rotatable bonds is 4. The van der Waals surface area contributed by atoms with Crippen molar-refractivity contribution in [1.82, 2.24) is 4.90 Å². The van der Waals surface area contributed by atoms with Crippen LogP contribution in [-0.4, -0.2) is 11.9 Å². The molecule has 2 rings (SSSR count). The van der Waals surface area contributed by atoms with Crippen LogP contribution in [0.25, 0.3) is 0 Å². The predicted octanol–water partition coefficient (Wildman–Crippen LogP) is 3.97. The van der Waals surface area contributed by atoms with Crippen molar-refractivity contribution in [3.63, 3.8) is 0 Å². The molecule has 2 nitrogen and oxygen atoms in total. The fraction of sp³-hybridized carbons (Fsp3) is 0.250. The van der Waals surface area contributed by atoms with Crippen molar-refractivity contribution < 1.29 is 0 Å². The number of benzene rings is 2. The number of nitrogens with two attached hydrogens (primary N) is 1. The maximum atomic E-state index is 5.94. The summed E-state index contributed by atoms with van der Waals surface area (Å²) < 4.78 is 1.12. The van der Waals surface area contributed by atoms with Gasteiger partial charge in [-0.3, -0.25) is 4.90 Å². The Labute approximate surface area is 123 Å². The summed E-state index contributed by atoms with van der Waals surface area (Å²) in [5.74, 6) is 0. The highest BCUT2D eigenvalue weighted by atomic mass is 79.9. The van der Waals surface area contributed by atoms with Crippen LogP contribution in [0.3, 0.4) is 0 Å². The van der Waals surface area contributed by atoms with E-state index in [1.165, 1.54) is 16.7 Å². The standard InChI is InChI=1S/C16H19BrN2/c1-12-14(4-3-5-16(12)18)11-19(2)10-13-6-8-15(17)9-7-13/h3-9H,10-11,18H2,1-2H3. The predicted molar refractivity (Wildman–Crippen MR) is 84.9 cm³/mol. The molecule has 0 heterocycles. The average Bonchev–Trinajstić information content (AvgIpc) is 2.38. The molecule has 0 spiro atoms. The lowest BCUT2D eigenvalue weighted by molar-refractivity contribution is 0.318. The normalized spacial score (nSPS) is 10.9. The molecule has 19 heavy (non-hydrogen) atoms. The maximum absolute atomic E-state index is 5.94. The minimum Gasteiger partial charge on any atom is -0.399 e. The minimum absolute atomic E-state index is 0.870. The van der Waals surface area contributed by atoms with Gasteiger partial charge in [-0.25, -0.2) is 0 Å². The number of hydrogen-bond donors (Lipinski definition) is 1. The number of nitrogen functional groups attached to an aromatic ring is 1. The summed E-state index contributed by atoms with van der Waals surface area (Å²) in [5, 5.41) is 0. The Morgan fingerprint density at radius 2 is 1.74 bits per heavy atom. The Morgan fingerprint density at radius 1 is 1.05 bits per heavy atom. The van der Waals surface area contributed by atoms with Gasteiger partial charge in [0.1, 0.15) is 0 Å². The van der Waals surface area contributed by atoms with Gasteiger partial charge in [-0.1, -0.05) is 40.2 Å². The second-order valence-electron chi connectivity index (χ2n) is 4.93. The highest BCUT2D eigenvalue weighted by Crippen LogP contribution is 2.18. The van der Waals surface area contributed by atoms with Gasteiger partial charge in [0, 0.05) is 23.2 Å². The van der Waals surface area contributed by atoms with Gasteiger partial charge in [-0.15, -0.1) is 0 Å². The molecule has 0 saturated carbocycles. The molecule has 0 fully saturated rings. The zero-order valence-corrected chi connectivity index (χ0v) is 12.9. The highest BCUT2D eigenvalue weighted by molar-refractivity contribution is 9.10. The van der Waals surface area contributed by atoms with Crippen LogP contribution in [0.2, 0.25) is 0 Å². The molecular weight excluding hydrogens is 300 g/mol. The fourth-order valence-electron chi connectivity index (χ4n) is 2.12. The average molecular weight is 319 g/mol. The van der Waals surface area contributed by atoms with Crippen LogP contribution >= 0.6 is 15.9 Å². The van der Waals surface area contributed by atoms with Crippen molar-refractivity contribution in [2.24, 2.45) is 0 Å². The second-order valence-corrected chi connectivity index (χ2v) is 5.85. The number of anilines is 1. The van der Waals surface area contributed by atoms with Gasteiger partial charge in [0.15, 0.2) is 0 Å². The van der Waals surface area contributed by atoms with Crippen molar-refractivity contribution in [1.29, 1.82) is 0 Å². The van der Waals surface area contributed by atoms with Crippen LogP contribution in [0.15, 0.2) is 46.9 Å². The van der Waals surface area contributed by atoms with Crippen LogP contribution in [0, 0.1) is 6.92 Å². The van der Waals surface area contributed by atoms with E-state index in [1.54, 1.807) is 0 Å². The summed E-state index contributed by atoms with van der Waals surface area (Å²) in [4.78, 5) is 2.30. The summed E-state index contributed by atoms with van der Waals surface area (Å²) in [7, 11) is 2.13. The Hall–Kier alpha value is -1.32. The summed E-state index contributed by atoms with van der Waals surface area (Å²) in [6, 6.07) is 14.6. The Kier molecular flexibility index (Phi) is 4.61. The van der Waals surface area contributed by atoms with E-state index in [1.807, 2.05) is 12.1 Å². The van der Waals surface area contributed by atoms with Crippen molar-refractivity contribution in [2.75, 3.05) is 12.8 Å². The molecule has 0 aromatic heterocycles. The largest absolute Gasteiger partial charge is 0.399 e. The molecular formula is C16H19BrN2. The molecule has 3 heteroatoms. The van der Waals surface area contributed by atoms with E-state index in [9.17, 15) is 0 Å². The quantitative estimate of drug-likeness (QED) is 0.864. The van der Waals surface area contributed by atoms with Crippen LogP contribution in [0.1, 0.15) is 16.7 Å². The molecule has 0 aliphatic rings. The van der Waals surface area contributed by atoms with E-state index in [-0.39, 0.29) is 0 Å². The molecule has 2 aromatic rings. The molecule has 2 N–H and O–H groups in total. The van der Waals surface area contributed by atoms with Gasteiger partial charge in [-0.2, -0.15) is 0 Å². The van der Waals surface area contributed by atoms with Gasteiger partial charge < -0.3 is 5.73 Å². The van der Waals surface area contributed by atoms with E-state index < -0.39 is 0 Å². The lowest BCUT2D eigenvalue weighted by atomic mass is 10.1. The van der Waals surface area contributed by atoms with Crippen LogP contribution in [0.5, 0.6) is 0 Å². The monoisotopic (exact) mass is 318 g/mol. The lowest BCUT2D eigenvalue weighted by Crippen LogP contribution is -2.18. The molecule has 0 saturated heterocycles. The topological polar surface area (TPSA) is 29.3 Å². The van der Waals surface area contributed by atoms with Gasteiger partial charge in [0.2, 0.25) is 0 Å². The summed E-state index contributed by atoms with van der Waals surface area (Å²) in [6.45, 7) is 3.92. The molecule has 0 aliphatic heterocycles. The smallest absolute Gasteiger partial charge is 0.0346 e. The van der Waals surface area contributed by atoms with Gasteiger partial charge in [0.05, 0.1) is 0 Å². The van der Waals surface area contributed by atoms with E-state index in [0.29, 0.717) is 0 Å². The summed E-state index contributed by atoms with van der Waals surface area (Å²) in [5.41, 5.74) is 10.6. The van der Waals surface area contributed by atoms with Gasteiger partial charge in [-0.05, 0) is 48.9 Å². The van der Waals surface area contributed by atoms with E-state index in [4.69, 9.17) is 5.73 Å². The van der Waals surface area contributed by atoms with Crippen LogP contribution in [-0.2, 0) is 13.1 Å². The number of hydrogen-bond acceptors (Lipinski definition) is 2. The fourth-order valence-corrected chi connectivity index (χ4v) is 2.39. The minimum atomic E-state index is 0.870. The van der Waals surface area contributed by atoms with Crippen molar-refractivity contribution in [2.45, 2.75) is 20.0 Å². The van der Waals surface area contributed by atoms with E-state index >= 15 is 0 Å². The summed E-state index contributed by atoms with van der Waals surface area (Å²) >= 11 is 3.46. The SMILES string of the molecule is Cc1c(N)cccc1CN(C)Cc1ccc(Br)cc1. The zero-order valence-electron chi connectivity index (χ0n) is 11.4. The summed E-state index contributed by atoms with van der Waals surface area (Å²) in [6.07, 6.45) is 0. The van der Waals surface area contributed by atoms with Crippen molar-refractivity contribution in [3.05, 3.63) is 63.6 Å². The van der Waals surface area contributed by atoms with Gasteiger partial charge in [0.25, 0.3) is 0 Å². The second kappa shape index (κ2) is 6.22. The molecule has 100 valence electrons. The zero-order chi connectivity index (χ0) is 13.8. The first-order chi connectivity index (χ1) is 9.06.